The summed E-state index contributed by atoms with van der Waals surface area (Å²) >= 11 is 0. The predicted octanol–water partition coefficient (Wildman–Crippen LogP) is 4.03. The molecule has 0 aliphatic carbocycles. The number of hydrogen-bond acceptors (Lipinski definition) is 3. The molecule has 0 amide bonds. The van der Waals surface area contributed by atoms with Crippen LogP contribution in [0.2, 0.25) is 0 Å². The summed E-state index contributed by atoms with van der Waals surface area (Å²) in [5.41, 5.74) is 0.314. The molecule has 0 aromatic heterocycles. The Hall–Kier alpha value is -2.50. The number of ether oxygens (including phenoxy) is 1. The van der Waals surface area contributed by atoms with Crippen LogP contribution < -0.4 is 5.32 Å². The second-order valence-electron chi connectivity index (χ2n) is 4.59. The molecule has 2 aromatic rings. The molecular weight excluding hydrogens is 295 g/mol. The number of carbonyl (C=O) groups excluding carboxylic acids is 1. The Labute approximate surface area is 125 Å². The predicted molar refractivity (Wildman–Crippen MR) is 76.3 cm³/mol. The molecule has 0 aliphatic rings. The topological polar surface area (TPSA) is 38.3 Å². The van der Waals surface area contributed by atoms with Crippen LogP contribution in [0.15, 0.2) is 54.6 Å². The number of anilines is 1. The lowest BCUT2D eigenvalue weighted by molar-refractivity contribution is -0.141. The number of alkyl halides is 3. The van der Waals surface area contributed by atoms with E-state index >= 15 is 0 Å². The first kappa shape index (κ1) is 15.9. The Balaban J connectivity index is 2.23. The highest BCUT2D eigenvalue weighted by Gasteiger charge is 2.30. The molecule has 6 heteroatoms. The zero-order chi connectivity index (χ0) is 16.2. The average molecular weight is 309 g/mol. The molecule has 0 saturated heterocycles. The lowest BCUT2D eigenvalue weighted by atomic mass is 10.1. The van der Waals surface area contributed by atoms with Crippen LogP contribution in [0.4, 0.5) is 18.9 Å². The summed E-state index contributed by atoms with van der Waals surface area (Å²) in [5, 5.41) is 2.88. The van der Waals surface area contributed by atoms with E-state index in [9.17, 15) is 18.0 Å². The van der Waals surface area contributed by atoms with Crippen molar-refractivity contribution in [3.05, 3.63) is 65.7 Å². The van der Waals surface area contributed by atoms with Gasteiger partial charge >= 0.3 is 12.1 Å². The zero-order valence-corrected chi connectivity index (χ0v) is 11.7. The highest BCUT2D eigenvalue weighted by molar-refractivity contribution is 5.81. The highest BCUT2D eigenvalue weighted by Crippen LogP contribution is 2.30. The fourth-order valence-corrected chi connectivity index (χ4v) is 1.96. The summed E-state index contributed by atoms with van der Waals surface area (Å²) < 4.78 is 42.3. The molecule has 0 saturated carbocycles. The van der Waals surface area contributed by atoms with Crippen molar-refractivity contribution < 1.29 is 22.7 Å². The van der Waals surface area contributed by atoms with E-state index in [1.807, 2.05) is 0 Å². The molecule has 3 nitrogen and oxygen atoms in total. The van der Waals surface area contributed by atoms with Gasteiger partial charge in [0.1, 0.15) is 0 Å². The van der Waals surface area contributed by atoms with E-state index in [0.717, 1.165) is 12.1 Å². The Morgan fingerprint density at radius 3 is 2.14 bits per heavy atom. The number of halogens is 3. The molecule has 0 radical (unpaired) electrons. The molecular formula is C16H14F3NO2. The molecule has 0 spiro atoms. The molecule has 1 N–H and O–H groups in total. The number of rotatable bonds is 4. The minimum Gasteiger partial charge on any atom is -0.467 e. The van der Waals surface area contributed by atoms with E-state index in [4.69, 9.17) is 4.74 Å². The summed E-state index contributed by atoms with van der Waals surface area (Å²) in [6.45, 7) is 0. The van der Waals surface area contributed by atoms with Gasteiger partial charge in [-0.1, -0.05) is 30.3 Å². The lowest BCUT2D eigenvalue weighted by Crippen LogP contribution is -2.22. The number of benzene rings is 2. The van der Waals surface area contributed by atoms with E-state index in [1.165, 1.54) is 19.2 Å². The van der Waals surface area contributed by atoms with Gasteiger partial charge in [0.05, 0.1) is 12.7 Å². The molecule has 0 heterocycles. The fourth-order valence-electron chi connectivity index (χ4n) is 1.96. The Kier molecular flexibility index (Phi) is 4.70. The smallest absolute Gasteiger partial charge is 0.416 e. The van der Waals surface area contributed by atoms with Crippen LogP contribution in [0.3, 0.4) is 0 Å². The molecule has 1 atom stereocenters. The second kappa shape index (κ2) is 6.51. The molecule has 2 aromatic carbocycles. The van der Waals surface area contributed by atoms with Gasteiger partial charge in [0, 0.05) is 5.69 Å². The van der Waals surface area contributed by atoms with Crippen molar-refractivity contribution in [1.29, 1.82) is 0 Å². The maximum atomic E-state index is 12.5. The van der Waals surface area contributed by atoms with Gasteiger partial charge in [-0.25, -0.2) is 4.79 Å². The fraction of sp³-hybridized carbons (Fsp3) is 0.188. The number of nitrogens with one attached hydrogen (secondary N) is 1. The SMILES string of the molecule is COC(=O)C(Nc1ccc(C(F)(F)F)cc1)c1ccccc1. The van der Waals surface area contributed by atoms with Crippen molar-refractivity contribution in [2.45, 2.75) is 12.2 Å². The third kappa shape index (κ3) is 3.78. The van der Waals surface area contributed by atoms with Crippen LogP contribution in [-0.4, -0.2) is 13.1 Å². The third-order valence-electron chi connectivity index (χ3n) is 3.09. The number of methoxy groups -OCH3 is 1. The summed E-state index contributed by atoms with van der Waals surface area (Å²) in [7, 11) is 1.26. The molecule has 116 valence electrons. The molecule has 0 bridgehead atoms. The van der Waals surface area contributed by atoms with Gasteiger partial charge in [-0.15, -0.1) is 0 Å². The first-order chi connectivity index (χ1) is 10.4. The van der Waals surface area contributed by atoms with Gasteiger partial charge in [0.2, 0.25) is 0 Å². The largest absolute Gasteiger partial charge is 0.467 e. The van der Waals surface area contributed by atoms with Gasteiger partial charge in [-0.2, -0.15) is 13.2 Å². The van der Waals surface area contributed by atoms with Crippen LogP contribution in [-0.2, 0) is 15.7 Å². The van der Waals surface area contributed by atoms with E-state index < -0.39 is 23.8 Å². The Bertz CT molecular complexity index is 624. The van der Waals surface area contributed by atoms with Crippen molar-refractivity contribution in [2.24, 2.45) is 0 Å². The van der Waals surface area contributed by atoms with E-state index in [-0.39, 0.29) is 0 Å². The van der Waals surface area contributed by atoms with Crippen molar-refractivity contribution >= 4 is 11.7 Å². The monoisotopic (exact) mass is 309 g/mol. The second-order valence-corrected chi connectivity index (χ2v) is 4.59. The quantitative estimate of drug-likeness (QED) is 0.867. The van der Waals surface area contributed by atoms with Crippen molar-refractivity contribution in [2.75, 3.05) is 12.4 Å². The standard InChI is InChI=1S/C16H14F3NO2/c1-22-15(21)14(11-5-3-2-4-6-11)20-13-9-7-12(8-10-13)16(17,18)19/h2-10,14,20H,1H3. The summed E-state index contributed by atoms with van der Waals surface area (Å²) in [6, 6.07) is 12.5. The molecule has 22 heavy (non-hydrogen) atoms. The molecule has 0 aliphatic heterocycles. The minimum atomic E-state index is -4.39. The van der Waals surface area contributed by atoms with Gasteiger partial charge < -0.3 is 10.1 Å². The first-order valence-corrected chi connectivity index (χ1v) is 6.48. The van der Waals surface area contributed by atoms with Gasteiger partial charge in [0.15, 0.2) is 6.04 Å². The van der Waals surface area contributed by atoms with Gasteiger partial charge in [-0.3, -0.25) is 0 Å². The van der Waals surface area contributed by atoms with Crippen molar-refractivity contribution in [3.63, 3.8) is 0 Å². The maximum absolute atomic E-state index is 12.5. The normalized spacial score (nSPS) is 12.5. The average Bonchev–Trinajstić information content (AvgIpc) is 2.52. The van der Waals surface area contributed by atoms with Crippen LogP contribution in [0.5, 0.6) is 0 Å². The highest BCUT2D eigenvalue weighted by atomic mass is 19.4. The maximum Gasteiger partial charge on any atom is 0.416 e. The summed E-state index contributed by atoms with van der Waals surface area (Å²) in [4.78, 5) is 11.9. The van der Waals surface area contributed by atoms with Crippen molar-refractivity contribution in [3.8, 4) is 0 Å². The molecule has 1 unspecified atom stereocenters. The van der Waals surface area contributed by atoms with Gasteiger partial charge in [-0.05, 0) is 29.8 Å². The summed E-state index contributed by atoms with van der Waals surface area (Å²) in [6.07, 6.45) is -4.39. The van der Waals surface area contributed by atoms with E-state index in [1.54, 1.807) is 30.3 Å². The van der Waals surface area contributed by atoms with E-state index in [0.29, 0.717) is 11.3 Å². The Morgan fingerprint density at radius 1 is 1.05 bits per heavy atom. The first-order valence-electron chi connectivity index (χ1n) is 6.48. The van der Waals surface area contributed by atoms with Crippen LogP contribution >= 0.6 is 0 Å². The number of carbonyl (C=O) groups is 1. The van der Waals surface area contributed by atoms with E-state index in [2.05, 4.69) is 5.32 Å². The molecule has 2 rings (SSSR count). The van der Waals surface area contributed by atoms with Crippen LogP contribution in [0.1, 0.15) is 17.2 Å². The van der Waals surface area contributed by atoms with Crippen LogP contribution in [0, 0.1) is 0 Å². The lowest BCUT2D eigenvalue weighted by Gasteiger charge is -2.18. The molecule has 0 fully saturated rings. The van der Waals surface area contributed by atoms with Crippen molar-refractivity contribution in [1.82, 2.24) is 0 Å². The Morgan fingerprint density at radius 2 is 1.64 bits per heavy atom. The number of hydrogen-bond donors (Lipinski definition) is 1. The van der Waals surface area contributed by atoms with Crippen LogP contribution in [0.25, 0.3) is 0 Å². The minimum absolute atomic E-state index is 0.396. The third-order valence-corrected chi connectivity index (χ3v) is 3.09. The van der Waals surface area contributed by atoms with Gasteiger partial charge in [0.25, 0.3) is 0 Å². The number of esters is 1. The summed E-state index contributed by atoms with van der Waals surface area (Å²) in [5.74, 6) is -0.522. The zero-order valence-electron chi connectivity index (χ0n) is 11.7.